The third-order valence-electron chi connectivity index (χ3n) is 6.22. The number of para-hydroxylation sites is 1. The molecule has 1 aliphatic rings. The predicted molar refractivity (Wildman–Crippen MR) is 129 cm³/mol. The van der Waals surface area contributed by atoms with E-state index in [1.165, 1.54) is 0 Å². The van der Waals surface area contributed by atoms with Gasteiger partial charge in [0.1, 0.15) is 5.78 Å². The second kappa shape index (κ2) is 7.74. The SMILES string of the molecule is CC(=O)C1(c2cc(-c3ccc(NC(=O)Nc4ccccc4)cc3)c3c(N)nn(C)c3n2)CC1. The molecule has 0 atom stereocenters. The number of hydrogen-bond acceptors (Lipinski definition) is 5. The van der Waals surface area contributed by atoms with Crippen molar-refractivity contribution in [1.29, 1.82) is 0 Å². The van der Waals surface area contributed by atoms with Gasteiger partial charge in [0, 0.05) is 18.4 Å². The Morgan fingerprint density at radius 3 is 2.24 bits per heavy atom. The molecule has 166 valence electrons. The molecule has 2 amide bonds. The van der Waals surface area contributed by atoms with E-state index in [1.54, 1.807) is 18.7 Å². The van der Waals surface area contributed by atoms with Gasteiger partial charge in [-0.15, -0.1) is 0 Å². The van der Waals surface area contributed by atoms with Crippen LogP contribution in [0, 0.1) is 0 Å². The molecule has 2 aromatic carbocycles. The lowest BCUT2D eigenvalue weighted by Gasteiger charge is -2.14. The highest BCUT2D eigenvalue weighted by Crippen LogP contribution is 2.49. The van der Waals surface area contributed by atoms with Crippen molar-refractivity contribution >= 4 is 40.0 Å². The second-order valence-corrected chi connectivity index (χ2v) is 8.42. The average Bonchev–Trinajstić information content (AvgIpc) is 3.56. The first kappa shape index (κ1) is 20.7. The molecule has 2 aromatic heterocycles. The van der Waals surface area contributed by atoms with Gasteiger partial charge in [0.05, 0.1) is 16.5 Å². The number of aryl methyl sites for hydroxylation is 1. The van der Waals surface area contributed by atoms with Crippen LogP contribution in [0.25, 0.3) is 22.2 Å². The van der Waals surface area contributed by atoms with Gasteiger partial charge < -0.3 is 16.4 Å². The van der Waals surface area contributed by atoms with Gasteiger partial charge >= 0.3 is 6.03 Å². The maximum Gasteiger partial charge on any atom is 0.323 e. The molecule has 4 aromatic rings. The summed E-state index contributed by atoms with van der Waals surface area (Å²) in [4.78, 5) is 29.4. The summed E-state index contributed by atoms with van der Waals surface area (Å²) >= 11 is 0. The second-order valence-electron chi connectivity index (χ2n) is 8.42. The molecule has 5 rings (SSSR count). The van der Waals surface area contributed by atoms with E-state index in [-0.39, 0.29) is 11.8 Å². The summed E-state index contributed by atoms with van der Waals surface area (Å²) in [5.41, 5.74) is 10.2. The minimum absolute atomic E-state index is 0.124. The highest BCUT2D eigenvalue weighted by atomic mass is 16.2. The molecule has 0 radical (unpaired) electrons. The number of aromatic nitrogens is 3. The Kier molecular flexibility index (Phi) is 4.85. The molecular weight excluding hydrogens is 416 g/mol. The molecule has 8 heteroatoms. The van der Waals surface area contributed by atoms with Crippen LogP contribution in [-0.4, -0.2) is 26.6 Å². The maximum absolute atomic E-state index is 12.3. The lowest BCUT2D eigenvalue weighted by Crippen LogP contribution is -2.19. The number of Topliss-reactive ketones (excluding diaryl/α,β-unsaturated/α-hetero) is 1. The average molecular weight is 441 g/mol. The van der Waals surface area contributed by atoms with Gasteiger partial charge in [-0.25, -0.2) is 14.5 Å². The molecule has 1 fully saturated rings. The number of ketones is 1. The van der Waals surface area contributed by atoms with Crippen LogP contribution in [0.4, 0.5) is 22.0 Å². The molecule has 0 unspecified atom stereocenters. The zero-order chi connectivity index (χ0) is 23.2. The van der Waals surface area contributed by atoms with Gasteiger partial charge in [0.25, 0.3) is 0 Å². The maximum atomic E-state index is 12.3. The lowest BCUT2D eigenvalue weighted by molar-refractivity contribution is -0.119. The Labute approximate surface area is 190 Å². The van der Waals surface area contributed by atoms with Crippen molar-refractivity contribution in [1.82, 2.24) is 14.8 Å². The van der Waals surface area contributed by atoms with Crippen LogP contribution < -0.4 is 16.4 Å². The number of nitrogens with one attached hydrogen (secondary N) is 2. The van der Waals surface area contributed by atoms with Crippen LogP contribution in [0.5, 0.6) is 0 Å². The molecule has 0 saturated heterocycles. The molecule has 1 saturated carbocycles. The predicted octanol–water partition coefficient (Wildman–Crippen LogP) is 4.48. The smallest absolute Gasteiger partial charge is 0.323 e. The van der Waals surface area contributed by atoms with Gasteiger partial charge in [0.15, 0.2) is 11.5 Å². The number of carbonyl (C=O) groups excluding carboxylic acids is 2. The molecule has 0 spiro atoms. The fourth-order valence-electron chi connectivity index (χ4n) is 4.21. The Balaban J connectivity index is 1.48. The van der Waals surface area contributed by atoms with Crippen LogP contribution in [0.15, 0.2) is 60.7 Å². The van der Waals surface area contributed by atoms with E-state index in [1.807, 2.05) is 60.7 Å². The van der Waals surface area contributed by atoms with Crippen LogP contribution in [-0.2, 0) is 17.3 Å². The molecule has 2 heterocycles. The molecular formula is C25H24N6O2. The van der Waals surface area contributed by atoms with Crippen molar-refractivity contribution in [3.63, 3.8) is 0 Å². The first-order chi connectivity index (χ1) is 15.9. The number of amides is 2. The fraction of sp³-hybridized carbons (Fsp3) is 0.200. The summed E-state index contributed by atoms with van der Waals surface area (Å²) in [6.45, 7) is 1.62. The minimum Gasteiger partial charge on any atom is -0.382 e. The van der Waals surface area contributed by atoms with Crippen LogP contribution in [0.1, 0.15) is 25.5 Å². The number of nitrogen functional groups attached to an aromatic ring is 1. The van der Waals surface area contributed by atoms with Crippen LogP contribution in [0.2, 0.25) is 0 Å². The molecule has 33 heavy (non-hydrogen) atoms. The Hall–Kier alpha value is -4.20. The van der Waals surface area contributed by atoms with E-state index < -0.39 is 5.41 Å². The lowest BCUT2D eigenvalue weighted by atomic mass is 9.93. The van der Waals surface area contributed by atoms with E-state index in [2.05, 4.69) is 15.7 Å². The van der Waals surface area contributed by atoms with E-state index >= 15 is 0 Å². The zero-order valence-electron chi connectivity index (χ0n) is 18.4. The number of fused-ring (bicyclic) bond motifs is 1. The van der Waals surface area contributed by atoms with Crippen molar-refractivity contribution < 1.29 is 9.59 Å². The van der Waals surface area contributed by atoms with Gasteiger partial charge in [-0.05, 0) is 61.2 Å². The van der Waals surface area contributed by atoms with Crippen LogP contribution in [0.3, 0.4) is 0 Å². The molecule has 0 bridgehead atoms. The molecule has 8 nitrogen and oxygen atoms in total. The van der Waals surface area contributed by atoms with Gasteiger partial charge in [-0.2, -0.15) is 5.10 Å². The first-order valence-corrected chi connectivity index (χ1v) is 10.8. The summed E-state index contributed by atoms with van der Waals surface area (Å²) in [6, 6.07) is 18.4. The normalized spacial score (nSPS) is 14.1. The van der Waals surface area contributed by atoms with Crippen molar-refractivity contribution in [2.45, 2.75) is 25.2 Å². The fourth-order valence-corrected chi connectivity index (χ4v) is 4.21. The standard InChI is InChI=1S/C25H24N6O2/c1-15(32)25(12-13-25)20-14-19(21-22(26)30-31(2)23(21)29-20)16-8-10-18(11-9-16)28-24(33)27-17-6-4-3-5-7-17/h3-11,14H,12-13H2,1-2H3,(H2,26,30)(H2,27,28,33). The van der Waals surface area contributed by atoms with Crippen molar-refractivity contribution in [2.24, 2.45) is 7.05 Å². The third-order valence-corrected chi connectivity index (χ3v) is 6.22. The van der Waals surface area contributed by atoms with Crippen LogP contribution >= 0.6 is 0 Å². The van der Waals surface area contributed by atoms with Gasteiger partial charge in [-0.3, -0.25) is 4.79 Å². The number of nitrogens with zero attached hydrogens (tertiary/aromatic N) is 3. The highest BCUT2D eigenvalue weighted by molar-refractivity contribution is 6.03. The number of hydrogen-bond donors (Lipinski definition) is 3. The monoisotopic (exact) mass is 440 g/mol. The van der Waals surface area contributed by atoms with Gasteiger partial charge in [-0.1, -0.05) is 30.3 Å². The van der Waals surface area contributed by atoms with Crippen molar-refractivity contribution in [2.75, 3.05) is 16.4 Å². The first-order valence-electron chi connectivity index (χ1n) is 10.8. The number of urea groups is 1. The summed E-state index contributed by atoms with van der Waals surface area (Å²) in [7, 11) is 1.80. The number of pyridine rings is 1. The Morgan fingerprint density at radius 1 is 1.00 bits per heavy atom. The van der Waals surface area contributed by atoms with E-state index in [0.717, 1.165) is 35.0 Å². The summed E-state index contributed by atoms with van der Waals surface area (Å²) in [5.74, 6) is 0.512. The topological polar surface area (TPSA) is 115 Å². The molecule has 0 aliphatic heterocycles. The summed E-state index contributed by atoms with van der Waals surface area (Å²) < 4.78 is 1.65. The quantitative estimate of drug-likeness (QED) is 0.423. The van der Waals surface area contributed by atoms with E-state index in [4.69, 9.17) is 10.7 Å². The molecule has 4 N–H and O–H groups in total. The molecule has 1 aliphatic carbocycles. The number of rotatable bonds is 5. The largest absolute Gasteiger partial charge is 0.382 e. The van der Waals surface area contributed by atoms with Gasteiger partial charge in [0.2, 0.25) is 0 Å². The highest BCUT2D eigenvalue weighted by Gasteiger charge is 2.50. The number of carbonyl (C=O) groups is 2. The number of nitrogens with two attached hydrogens (primary N) is 1. The van der Waals surface area contributed by atoms with E-state index in [0.29, 0.717) is 22.8 Å². The number of anilines is 3. The summed E-state index contributed by atoms with van der Waals surface area (Å²) in [6.07, 6.45) is 1.60. The minimum atomic E-state index is -0.515. The number of benzene rings is 2. The Bertz CT molecular complexity index is 1370. The van der Waals surface area contributed by atoms with E-state index in [9.17, 15) is 9.59 Å². The third kappa shape index (κ3) is 3.69. The zero-order valence-corrected chi connectivity index (χ0v) is 18.4. The Morgan fingerprint density at radius 2 is 1.64 bits per heavy atom. The summed E-state index contributed by atoms with van der Waals surface area (Å²) in [5, 5.41) is 10.7. The van der Waals surface area contributed by atoms with Crippen molar-refractivity contribution in [3.8, 4) is 11.1 Å². The van der Waals surface area contributed by atoms with Crippen molar-refractivity contribution in [3.05, 3.63) is 66.4 Å².